The normalized spacial score (nSPS) is 10.6. The summed E-state index contributed by atoms with van der Waals surface area (Å²) in [5.74, 6) is 1.27. The maximum atomic E-state index is 11.4. The van der Waals surface area contributed by atoms with Crippen LogP contribution in [-0.4, -0.2) is 27.5 Å². The summed E-state index contributed by atoms with van der Waals surface area (Å²) in [5.41, 5.74) is 5.35. The summed E-state index contributed by atoms with van der Waals surface area (Å²) in [6.07, 6.45) is 0.612. The number of aryl methyl sites for hydroxylation is 1. The summed E-state index contributed by atoms with van der Waals surface area (Å²) in [4.78, 5) is 20.8. The van der Waals surface area contributed by atoms with E-state index in [1.807, 2.05) is 18.7 Å². The van der Waals surface area contributed by atoms with Gasteiger partial charge in [0.15, 0.2) is 0 Å². The molecular formula is C11H18N4OS. The highest BCUT2D eigenvalue weighted by Crippen LogP contribution is 2.12. The Morgan fingerprint density at radius 3 is 2.76 bits per heavy atom. The number of thiocarbonyl (C=S) groups is 1. The Morgan fingerprint density at radius 2 is 2.29 bits per heavy atom. The Bertz CT molecular complexity index is 455. The molecule has 0 aliphatic rings. The van der Waals surface area contributed by atoms with Crippen LogP contribution in [0.1, 0.15) is 26.1 Å². The van der Waals surface area contributed by atoms with E-state index < -0.39 is 0 Å². The van der Waals surface area contributed by atoms with Gasteiger partial charge in [0.1, 0.15) is 11.6 Å². The molecule has 17 heavy (non-hydrogen) atoms. The first-order chi connectivity index (χ1) is 7.90. The fraction of sp³-hybridized carbons (Fsp3) is 0.545. The minimum atomic E-state index is -0.145. The van der Waals surface area contributed by atoms with Crippen LogP contribution in [0, 0.1) is 6.92 Å². The second-order valence-corrected chi connectivity index (χ2v) is 4.72. The molecule has 0 saturated carbocycles. The second kappa shape index (κ2) is 5.77. The number of anilines is 1. The fourth-order valence-corrected chi connectivity index (χ4v) is 1.67. The van der Waals surface area contributed by atoms with Gasteiger partial charge in [-0.05, 0) is 20.8 Å². The molecule has 0 aliphatic heterocycles. The van der Waals surface area contributed by atoms with E-state index in [9.17, 15) is 4.79 Å². The zero-order valence-electron chi connectivity index (χ0n) is 10.4. The summed E-state index contributed by atoms with van der Waals surface area (Å²) in [5, 5.41) is 0. The molecule has 6 heteroatoms. The highest BCUT2D eigenvalue weighted by molar-refractivity contribution is 7.80. The average Bonchev–Trinajstić information content (AvgIpc) is 2.14. The van der Waals surface area contributed by atoms with Gasteiger partial charge in [-0.1, -0.05) is 12.2 Å². The molecule has 1 heterocycles. The van der Waals surface area contributed by atoms with Crippen LogP contribution in [0.3, 0.4) is 0 Å². The molecule has 94 valence electrons. The molecular weight excluding hydrogens is 236 g/mol. The summed E-state index contributed by atoms with van der Waals surface area (Å²) >= 11 is 4.86. The van der Waals surface area contributed by atoms with Crippen molar-refractivity contribution in [2.24, 2.45) is 5.73 Å². The van der Waals surface area contributed by atoms with Gasteiger partial charge in [-0.3, -0.25) is 4.79 Å². The minimum Gasteiger partial charge on any atom is -0.393 e. The molecule has 1 aromatic heterocycles. The third-order valence-corrected chi connectivity index (χ3v) is 2.57. The number of aromatic amines is 1. The molecule has 0 atom stereocenters. The van der Waals surface area contributed by atoms with Crippen LogP contribution in [0.4, 0.5) is 5.82 Å². The van der Waals surface area contributed by atoms with E-state index in [1.165, 1.54) is 6.07 Å². The molecule has 5 nitrogen and oxygen atoms in total. The number of H-pyrrole nitrogens is 1. The van der Waals surface area contributed by atoms with Crippen molar-refractivity contribution in [2.45, 2.75) is 33.2 Å². The van der Waals surface area contributed by atoms with E-state index in [0.717, 1.165) is 0 Å². The lowest BCUT2D eigenvalue weighted by molar-refractivity contribution is 0.677. The molecule has 0 spiro atoms. The molecule has 0 fully saturated rings. The Kier molecular flexibility index (Phi) is 4.62. The molecule has 0 aliphatic carbocycles. The second-order valence-electron chi connectivity index (χ2n) is 4.19. The summed E-state index contributed by atoms with van der Waals surface area (Å²) in [6, 6.07) is 1.73. The smallest absolute Gasteiger partial charge is 0.252 e. The van der Waals surface area contributed by atoms with Gasteiger partial charge < -0.3 is 15.6 Å². The van der Waals surface area contributed by atoms with Gasteiger partial charge in [0.25, 0.3) is 5.56 Å². The zero-order chi connectivity index (χ0) is 13.0. The Balaban J connectivity index is 2.96. The van der Waals surface area contributed by atoms with Crippen LogP contribution < -0.4 is 16.2 Å². The first-order valence-corrected chi connectivity index (χ1v) is 5.94. The van der Waals surface area contributed by atoms with E-state index in [4.69, 9.17) is 18.0 Å². The molecule has 0 bridgehead atoms. The Morgan fingerprint density at radius 1 is 1.65 bits per heavy atom. The van der Waals surface area contributed by atoms with E-state index in [0.29, 0.717) is 29.6 Å². The minimum absolute atomic E-state index is 0.145. The van der Waals surface area contributed by atoms with Crippen molar-refractivity contribution < 1.29 is 0 Å². The van der Waals surface area contributed by atoms with Crippen molar-refractivity contribution in [2.75, 3.05) is 11.4 Å². The number of nitrogens with zero attached hydrogens (tertiary/aromatic N) is 2. The van der Waals surface area contributed by atoms with Gasteiger partial charge in [-0.2, -0.15) is 0 Å². The van der Waals surface area contributed by atoms with Crippen molar-refractivity contribution in [3.63, 3.8) is 0 Å². The average molecular weight is 254 g/mol. The van der Waals surface area contributed by atoms with Gasteiger partial charge in [0.2, 0.25) is 0 Å². The van der Waals surface area contributed by atoms with Gasteiger partial charge >= 0.3 is 0 Å². The van der Waals surface area contributed by atoms with Crippen LogP contribution in [0.5, 0.6) is 0 Å². The van der Waals surface area contributed by atoms with Crippen molar-refractivity contribution >= 4 is 23.0 Å². The predicted octanol–water partition coefficient (Wildman–Crippen LogP) is 0.969. The van der Waals surface area contributed by atoms with E-state index in [2.05, 4.69) is 9.97 Å². The number of rotatable bonds is 5. The molecule has 1 rings (SSSR count). The molecule has 0 radical (unpaired) electrons. The lowest BCUT2D eigenvalue weighted by atomic mass is 10.2. The van der Waals surface area contributed by atoms with Crippen LogP contribution >= 0.6 is 12.2 Å². The number of hydrogen-bond donors (Lipinski definition) is 2. The van der Waals surface area contributed by atoms with Crippen LogP contribution in [0.2, 0.25) is 0 Å². The largest absolute Gasteiger partial charge is 0.393 e. The molecule has 0 unspecified atom stereocenters. The quantitative estimate of drug-likeness (QED) is 0.766. The highest BCUT2D eigenvalue weighted by Gasteiger charge is 2.13. The van der Waals surface area contributed by atoms with Crippen LogP contribution in [0.25, 0.3) is 0 Å². The predicted molar refractivity (Wildman–Crippen MR) is 73.5 cm³/mol. The molecule has 0 amide bonds. The molecule has 0 aromatic carbocycles. The van der Waals surface area contributed by atoms with Crippen molar-refractivity contribution in [1.29, 1.82) is 0 Å². The zero-order valence-corrected chi connectivity index (χ0v) is 11.2. The van der Waals surface area contributed by atoms with E-state index in [1.54, 1.807) is 6.92 Å². The summed E-state index contributed by atoms with van der Waals surface area (Å²) in [6.45, 7) is 6.51. The summed E-state index contributed by atoms with van der Waals surface area (Å²) in [7, 11) is 0. The van der Waals surface area contributed by atoms with Crippen molar-refractivity contribution in [3.8, 4) is 0 Å². The number of hydrogen-bond acceptors (Lipinski definition) is 4. The third kappa shape index (κ3) is 4.14. The van der Waals surface area contributed by atoms with Gasteiger partial charge in [0, 0.05) is 25.1 Å². The monoisotopic (exact) mass is 254 g/mol. The van der Waals surface area contributed by atoms with Crippen molar-refractivity contribution in [3.05, 3.63) is 22.2 Å². The number of nitrogens with one attached hydrogen (secondary N) is 1. The van der Waals surface area contributed by atoms with Crippen LogP contribution in [0.15, 0.2) is 10.9 Å². The SMILES string of the molecule is Cc1nc(N(CCC(N)=S)C(C)C)cc(=O)[nH]1. The Hall–Kier alpha value is -1.43. The maximum absolute atomic E-state index is 11.4. The molecule has 3 N–H and O–H groups in total. The van der Waals surface area contributed by atoms with Gasteiger partial charge in [0.05, 0.1) is 4.99 Å². The lowest BCUT2D eigenvalue weighted by Crippen LogP contribution is -2.35. The topological polar surface area (TPSA) is 75.0 Å². The maximum Gasteiger partial charge on any atom is 0.252 e. The van der Waals surface area contributed by atoms with Crippen LogP contribution in [-0.2, 0) is 0 Å². The molecule has 0 saturated heterocycles. The summed E-state index contributed by atoms with van der Waals surface area (Å²) < 4.78 is 0. The van der Waals surface area contributed by atoms with E-state index in [-0.39, 0.29) is 11.6 Å². The van der Waals surface area contributed by atoms with Crippen molar-refractivity contribution in [1.82, 2.24) is 9.97 Å². The fourth-order valence-electron chi connectivity index (χ4n) is 1.58. The first-order valence-electron chi connectivity index (χ1n) is 5.53. The third-order valence-electron chi connectivity index (χ3n) is 2.36. The van der Waals surface area contributed by atoms with Gasteiger partial charge in [-0.15, -0.1) is 0 Å². The van der Waals surface area contributed by atoms with E-state index >= 15 is 0 Å². The number of nitrogens with two attached hydrogens (primary N) is 1. The molecule has 1 aromatic rings. The lowest BCUT2D eigenvalue weighted by Gasteiger charge is -2.27. The number of aromatic nitrogens is 2. The van der Waals surface area contributed by atoms with Gasteiger partial charge in [-0.25, -0.2) is 4.98 Å². The Labute approximate surface area is 106 Å². The highest BCUT2D eigenvalue weighted by atomic mass is 32.1. The standard InChI is InChI=1S/C11H18N4OS/c1-7(2)15(5-4-9(12)17)10-6-11(16)14-8(3)13-10/h6-7H,4-5H2,1-3H3,(H2,12,17)(H,13,14,16). The first kappa shape index (κ1) is 13.6.